The molecule has 0 saturated heterocycles. The van der Waals surface area contributed by atoms with Crippen molar-refractivity contribution in [3.63, 3.8) is 0 Å². The summed E-state index contributed by atoms with van der Waals surface area (Å²) in [6, 6.07) is 7.98. The molecule has 5 heteroatoms. The number of fused-ring (bicyclic) bond motifs is 1. The van der Waals surface area contributed by atoms with Gasteiger partial charge in [-0.2, -0.15) is 0 Å². The lowest BCUT2D eigenvalue weighted by Gasteiger charge is -2.36. The Kier molecular flexibility index (Phi) is 5.19. The Hall–Kier alpha value is -2.14. The van der Waals surface area contributed by atoms with Gasteiger partial charge >= 0.3 is 0 Å². The van der Waals surface area contributed by atoms with Crippen molar-refractivity contribution >= 4 is 22.6 Å². The van der Waals surface area contributed by atoms with Crippen LogP contribution in [0.2, 0.25) is 0 Å². The number of nitrogens with one attached hydrogen (secondary N) is 1. The number of hydrogen-bond donors (Lipinski definition) is 1. The summed E-state index contributed by atoms with van der Waals surface area (Å²) < 4.78 is 2.05. The van der Waals surface area contributed by atoms with E-state index in [-0.39, 0.29) is 11.6 Å². The van der Waals surface area contributed by atoms with E-state index in [0.29, 0.717) is 12.1 Å². The van der Waals surface area contributed by atoms with Crippen molar-refractivity contribution in [1.82, 2.24) is 14.8 Å². The molecule has 0 spiro atoms. The number of rotatable bonds is 6. The largest absolute Gasteiger partial charge is 0.347 e. The molecule has 1 aromatic heterocycles. The third-order valence-electron chi connectivity index (χ3n) is 5.81. The van der Waals surface area contributed by atoms with Crippen molar-refractivity contribution in [2.24, 2.45) is 0 Å². The van der Waals surface area contributed by atoms with Gasteiger partial charge in [0.2, 0.25) is 0 Å². The highest BCUT2D eigenvalue weighted by Gasteiger charge is 2.36. The van der Waals surface area contributed by atoms with Crippen LogP contribution < -0.4 is 5.32 Å². The first kappa shape index (κ1) is 18.6. The van der Waals surface area contributed by atoms with Gasteiger partial charge in [0.05, 0.1) is 5.56 Å². The number of benzene rings is 1. The molecule has 2 aromatic rings. The topological polar surface area (TPSA) is 54.3 Å². The molecular weight excluding hydrogens is 326 g/mol. The van der Waals surface area contributed by atoms with E-state index >= 15 is 0 Å². The molecule has 0 bridgehead atoms. The van der Waals surface area contributed by atoms with E-state index in [1.165, 1.54) is 12.8 Å². The zero-order valence-electron chi connectivity index (χ0n) is 16.2. The van der Waals surface area contributed by atoms with Gasteiger partial charge in [-0.25, -0.2) is 0 Å². The lowest BCUT2D eigenvalue weighted by atomic mass is 9.96. The van der Waals surface area contributed by atoms with Crippen LogP contribution in [0.4, 0.5) is 0 Å². The van der Waals surface area contributed by atoms with E-state index in [2.05, 4.69) is 38.2 Å². The fraction of sp³-hybridized carbons (Fsp3) is 0.524. The number of hydrogen-bond acceptors (Lipinski definition) is 3. The van der Waals surface area contributed by atoms with Gasteiger partial charge in [-0.05, 0) is 46.9 Å². The Morgan fingerprint density at radius 3 is 2.46 bits per heavy atom. The van der Waals surface area contributed by atoms with Crippen LogP contribution in [0.25, 0.3) is 10.9 Å². The van der Waals surface area contributed by atoms with Crippen LogP contribution in [-0.4, -0.2) is 47.3 Å². The van der Waals surface area contributed by atoms with Crippen molar-refractivity contribution in [1.29, 1.82) is 0 Å². The standard InChI is InChI=1S/C21H29N3O2/c1-15(2)24-13-17(16-9-5-6-10-18(16)24)19(25)20(26)22-14-21(23(3)4)11-7-8-12-21/h5-6,9-10,13,15H,7-8,11-12,14H2,1-4H3,(H,22,26). The van der Waals surface area contributed by atoms with Gasteiger partial charge in [0.25, 0.3) is 11.7 Å². The van der Waals surface area contributed by atoms with Crippen molar-refractivity contribution in [3.05, 3.63) is 36.0 Å². The summed E-state index contributed by atoms with van der Waals surface area (Å²) in [5.74, 6) is -0.961. The summed E-state index contributed by atoms with van der Waals surface area (Å²) in [5, 5.41) is 3.75. The smallest absolute Gasteiger partial charge is 0.292 e. The number of carbonyl (C=O) groups excluding carboxylic acids is 2. The predicted octanol–water partition coefficient (Wildman–Crippen LogP) is 3.40. The Balaban J connectivity index is 1.81. The zero-order valence-corrected chi connectivity index (χ0v) is 16.2. The Morgan fingerprint density at radius 2 is 1.85 bits per heavy atom. The molecule has 0 unspecified atom stereocenters. The van der Waals surface area contributed by atoms with E-state index in [0.717, 1.165) is 23.7 Å². The predicted molar refractivity (Wildman–Crippen MR) is 105 cm³/mol. The van der Waals surface area contributed by atoms with E-state index in [9.17, 15) is 9.59 Å². The van der Waals surface area contributed by atoms with Gasteiger partial charge in [0, 0.05) is 35.2 Å². The molecule has 1 aliphatic carbocycles. The van der Waals surface area contributed by atoms with Gasteiger partial charge in [-0.15, -0.1) is 0 Å². The number of carbonyl (C=O) groups is 2. The Morgan fingerprint density at radius 1 is 1.19 bits per heavy atom. The molecule has 5 nitrogen and oxygen atoms in total. The van der Waals surface area contributed by atoms with Crippen LogP contribution in [-0.2, 0) is 4.79 Å². The lowest BCUT2D eigenvalue weighted by Crippen LogP contribution is -2.51. The van der Waals surface area contributed by atoms with Crippen LogP contribution in [0.3, 0.4) is 0 Å². The van der Waals surface area contributed by atoms with E-state index in [1.54, 1.807) is 0 Å². The number of Topliss-reactive ketones (excluding diaryl/α,β-unsaturated/α-hetero) is 1. The molecule has 140 valence electrons. The number of ketones is 1. The fourth-order valence-electron chi connectivity index (χ4n) is 4.08. The second-order valence-corrected chi connectivity index (χ2v) is 7.90. The summed E-state index contributed by atoms with van der Waals surface area (Å²) in [4.78, 5) is 27.6. The quantitative estimate of drug-likeness (QED) is 0.638. The first-order valence-corrected chi connectivity index (χ1v) is 9.45. The van der Waals surface area contributed by atoms with Crippen LogP contribution in [0.5, 0.6) is 0 Å². The minimum absolute atomic E-state index is 0.0259. The normalized spacial score (nSPS) is 16.5. The van der Waals surface area contributed by atoms with E-state index in [1.807, 2.05) is 35.0 Å². The minimum atomic E-state index is -0.509. The fourth-order valence-corrected chi connectivity index (χ4v) is 4.08. The number of amides is 1. The molecule has 1 heterocycles. The van der Waals surface area contributed by atoms with Gasteiger partial charge in [0.15, 0.2) is 0 Å². The Bertz CT molecular complexity index is 814. The molecule has 0 radical (unpaired) electrons. The Labute approximate surface area is 155 Å². The maximum Gasteiger partial charge on any atom is 0.292 e. The van der Waals surface area contributed by atoms with Crippen molar-refractivity contribution in [2.75, 3.05) is 20.6 Å². The average molecular weight is 355 g/mol. The molecule has 0 atom stereocenters. The third-order valence-corrected chi connectivity index (χ3v) is 5.81. The van der Waals surface area contributed by atoms with E-state index < -0.39 is 11.7 Å². The maximum atomic E-state index is 12.8. The molecule has 3 rings (SSSR count). The van der Waals surface area contributed by atoms with Crippen LogP contribution in [0.15, 0.2) is 30.5 Å². The zero-order chi connectivity index (χ0) is 18.9. The van der Waals surface area contributed by atoms with Gasteiger partial charge in [-0.3, -0.25) is 9.59 Å². The van der Waals surface area contributed by atoms with Crippen molar-refractivity contribution < 1.29 is 9.59 Å². The van der Waals surface area contributed by atoms with E-state index in [4.69, 9.17) is 0 Å². The average Bonchev–Trinajstić information content (AvgIpc) is 3.24. The summed E-state index contributed by atoms with van der Waals surface area (Å²) in [5.41, 5.74) is 1.44. The van der Waals surface area contributed by atoms with Gasteiger partial charge in [-0.1, -0.05) is 31.0 Å². The van der Waals surface area contributed by atoms with Crippen LogP contribution >= 0.6 is 0 Å². The molecular formula is C21H29N3O2. The molecule has 1 saturated carbocycles. The first-order valence-electron chi connectivity index (χ1n) is 9.45. The number of nitrogens with zero attached hydrogens (tertiary/aromatic N) is 2. The summed E-state index contributed by atoms with van der Waals surface area (Å²) in [6.07, 6.45) is 6.27. The summed E-state index contributed by atoms with van der Waals surface area (Å²) in [7, 11) is 4.10. The minimum Gasteiger partial charge on any atom is -0.347 e. The highest BCUT2D eigenvalue weighted by atomic mass is 16.2. The number of aromatic nitrogens is 1. The van der Waals surface area contributed by atoms with Gasteiger partial charge in [0.1, 0.15) is 0 Å². The molecule has 0 aliphatic heterocycles. The van der Waals surface area contributed by atoms with Gasteiger partial charge < -0.3 is 14.8 Å². The molecule has 1 aromatic carbocycles. The second-order valence-electron chi connectivity index (χ2n) is 7.90. The summed E-state index contributed by atoms with van der Waals surface area (Å²) >= 11 is 0. The number of likely N-dealkylation sites (N-methyl/N-ethyl adjacent to an activating group) is 1. The summed E-state index contributed by atoms with van der Waals surface area (Å²) in [6.45, 7) is 4.66. The molecule has 26 heavy (non-hydrogen) atoms. The molecule has 1 N–H and O–H groups in total. The highest BCUT2D eigenvalue weighted by molar-refractivity contribution is 6.45. The highest BCUT2D eigenvalue weighted by Crippen LogP contribution is 2.33. The van der Waals surface area contributed by atoms with Crippen molar-refractivity contribution in [2.45, 2.75) is 51.1 Å². The molecule has 1 aliphatic rings. The lowest BCUT2D eigenvalue weighted by molar-refractivity contribution is -0.117. The molecule has 1 fully saturated rings. The number of para-hydroxylation sites is 1. The van der Waals surface area contributed by atoms with Crippen LogP contribution in [0, 0.1) is 0 Å². The van der Waals surface area contributed by atoms with Crippen LogP contribution in [0.1, 0.15) is 55.9 Å². The monoisotopic (exact) mass is 355 g/mol. The first-order chi connectivity index (χ1) is 12.4. The second kappa shape index (κ2) is 7.23. The SMILES string of the molecule is CC(C)n1cc(C(=O)C(=O)NCC2(N(C)C)CCCC2)c2ccccc21. The maximum absolute atomic E-state index is 12.8. The molecule has 1 amide bonds. The third kappa shape index (κ3) is 3.28. The van der Waals surface area contributed by atoms with Crippen molar-refractivity contribution in [3.8, 4) is 0 Å².